The van der Waals surface area contributed by atoms with Crippen molar-refractivity contribution in [3.63, 3.8) is 0 Å². The highest BCUT2D eigenvalue weighted by atomic mass is 16.6. The Morgan fingerprint density at radius 2 is 2.15 bits per heavy atom. The number of aryl methyl sites for hydroxylation is 1. The summed E-state index contributed by atoms with van der Waals surface area (Å²) in [6, 6.07) is 7.89. The Bertz CT molecular complexity index is 626. The minimum absolute atomic E-state index is 0.00439. The Kier molecular flexibility index (Phi) is 6.13. The molecule has 0 radical (unpaired) electrons. The summed E-state index contributed by atoms with van der Waals surface area (Å²) in [5.41, 5.74) is 2.44. The van der Waals surface area contributed by atoms with E-state index >= 15 is 0 Å². The minimum Gasteiger partial charge on any atom is -0.448 e. The van der Waals surface area contributed by atoms with Gasteiger partial charge in [-0.1, -0.05) is 24.3 Å². The number of alkyl carbamates (subject to hydrolysis) is 1. The molecule has 3 rings (SSSR count). The number of aliphatic hydroxyl groups excluding tert-OH is 2. The van der Waals surface area contributed by atoms with Gasteiger partial charge >= 0.3 is 6.09 Å². The van der Waals surface area contributed by atoms with Crippen molar-refractivity contribution < 1.29 is 24.5 Å². The predicted octanol–water partition coefficient (Wildman–Crippen LogP) is 1.19. The largest absolute Gasteiger partial charge is 0.448 e. The summed E-state index contributed by atoms with van der Waals surface area (Å²) >= 11 is 0. The molecule has 1 aliphatic carbocycles. The van der Waals surface area contributed by atoms with E-state index in [0.29, 0.717) is 13.0 Å². The van der Waals surface area contributed by atoms with Crippen LogP contribution in [0.15, 0.2) is 24.3 Å². The molecule has 1 saturated heterocycles. The zero-order valence-electron chi connectivity index (χ0n) is 15.3. The Morgan fingerprint density at radius 3 is 2.96 bits per heavy atom. The molecule has 0 spiro atoms. The summed E-state index contributed by atoms with van der Waals surface area (Å²) in [5, 5.41) is 22.7. The number of rotatable bonds is 5. The number of hydrogen-bond donors (Lipinski definition) is 3. The molecule has 0 saturated carbocycles. The molecule has 0 unspecified atom stereocenters. The first-order valence-corrected chi connectivity index (χ1v) is 9.18. The number of ether oxygens (including phenoxy) is 2. The smallest absolute Gasteiger partial charge is 0.407 e. The van der Waals surface area contributed by atoms with Crippen molar-refractivity contribution in [3.8, 4) is 0 Å². The Morgan fingerprint density at radius 1 is 1.38 bits per heavy atom. The summed E-state index contributed by atoms with van der Waals surface area (Å²) in [6.45, 7) is 2.54. The first-order valence-electron chi connectivity index (χ1n) is 9.18. The van der Waals surface area contributed by atoms with Crippen molar-refractivity contribution in [3.05, 3.63) is 35.4 Å². The molecule has 7 nitrogen and oxygen atoms in total. The Balaban J connectivity index is 1.42. The standard InChI is InChI=1S/C19H28N2O5/c1-12-11-16(17(22)18(23)26-12)21(2)9-10-25-19(24)20-15-8-7-13-5-3-4-6-14(13)15/h3-6,12,15-18,22-23H,7-11H2,1-2H3,(H,20,24)/t12-,15+,16+,17-,18-/m1/s1. The molecule has 5 atom stereocenters. The highest BCUT2D eigenvalue weighted by molar-refractivity contribution is 5.68. The van der Waals surface area contributed by atoms with E-state index in [-0.39, 0.29) is 24.8 Å². The second-order valence-electron chi connectivity index (χ2n) is 7.18. The van der Waals surface area contributed by atoms with Gasteiger partial charge in [0.1, 0.15) is 12.7 Å². The molecule has 26 heavy (non-hydrogen) atoms. The van der Waals surface area contributed by atoms with Crippen LogP contribution < -0.4 is 5.32 Å². The first kappa shape index (κ1) is 19.1. The molecule has 144 valence electrons. The maximum absolute atomic E-state index is 12.1. The lowest BCUT2D eigenvalue weighted by atomic mass is 9.99. The van der Waals surface area contributed by atoms with Crippen LogP contribution in [-0.4, -0.2) is 65.9 Å². The third-order valence-electron chi connectivity index (χ3n) is 5.30. The van der Waals surface area contributed by atoms with E-state index in [1.165, 1.54) is 5.56 Å². The maximum atomic E-state index is 12.1. The Hall–Kier alpha value is -1.67. The van der Waals surface area contributed by atoms with Crippen molar-refractivity contribution in [2.45, 2.75) is 56.8 Å². The van der Waals surface area contributed by atoms with Crippen LogP contribution in [0.3, 0.4) is 0 Å². The van der Waals surface area contributed by atoms with E-state index in [2.05, 4.69) is 11.4 Å². The van der Waals surface area contributed by atoms with E-state index in [1.54, 1.807) is 0 Å². The fraction of sp³-hybridized carbons (Fsp3) is 0.632. The lowest BCUT2D eigenvalue weighted by Gasteiger charge is -2.40. The fourth-order valence-electron chi connectivity index (χ4n) is 3.82. The van der Waals surface area contributed by atoms with Crippen LogP contribution in [0.4, 0.5) is 4.79 Å². The van der Waals surface area contributed by atoms with Gasteiger partial charge in [0, 0.05) is 12.6 Å². The van der Waals surface area contributed by atoms with Crippen LogP contribution in [0.2, 0.25) is 0 Å². The molecular formula is C19H28N2O5. The van der Waals surface area contributed by atoms with E-state index in [9.17, 15) is 15.0 Å². The summed E-state index contributed by atoms with van der Waals surface area (Å²) in [5.74, 6) is 0. The van der Waals surface area contributed by atoms with Gasteiger partial charge in [0.05, 0.1) is 12.1 Å². The number of likely N-dealkylation sites (N-methyl/N-ethyl adjacent to an activating group) is 1. The number of fused-ring (bicyclic) bond motifs is 1. The lowest BCUT2D eigenvalue weighted by molar-refractivity contribution is -0.231. The number of nitrogens with one attached hydrogen (secondary N) is 1. The highest BCUT2D eigenvalue weighted by Gasteiger charge is 2.37. The average molecular weight is 364 g/mol. The third kappa shape index (κ3) is 4.35. The van der Waals surface area contributed by atoms with Gasteiger partial charge in [-0.25, -0.2) is 4.79 Å². The summed E-state index contributed by atoms with van der Waals surface area (Å²) in [4.78, 5) is 14.0. The van der Waals surface area contributed by atoms with Gasteiger partial charge in [0.15, 0.2) is 6.29 Å². The van der Waals surface area contributed by atoms with Gasteiger partial charge in [0.25, 0.3) is 0 Å². The second kappa shape index (κ2) is 8.35. The van der Waals surface area contributed by atoms with Gasteiger partial charge in [-0.05, 0) is 44.4 Å². The zero-order valence-corrected chi connectivity index (χ0v) is 15.3. The van der Waals surface area contributed by atoms with Gasteiger partial charge < -0.3 is 25.0 Å². The first-order chi connectivity index (χ1) is 12.5. The van der Waals surface area contributed by atoms with E-state index in [0.717, 1.165) is 18.4 Å². The van der Waals surface area contributed by atoms with Crippen LogP contribution >= 0.6 is 0 Å². The molecule has 1 amide bonds. The zero-order chi connectivity index (χ0) is 18.7. The highest BCUT2D eigenvalue weighted by Crippen LogP contribution is 2.30. The van der Waals surface area contributed by atoms with Gasteiger partial charge in [0.2, 0.25) is 0 Å². The maximum Gasteiger partial charge on any atom is 0.407 e. The molecule has 1 aliphatic heterocycles. The van der Waals surface area contributed by atoms with Gasteiger partial charge in [-0.15, -0.1) is 0 Å². The number of amides is 1. The topological polar surface area (TPSA) is 91.3 Å². The number of carbonyl (C=O) groups excluding carboxylic acids is 1. The average Bonchev–Trinajstić information content (AvgIpc) is 3.01. The number of nitrogens with zero attached hydrogens (tertiary/aromatic N) is 1. The van der Waals surface area contributed by atoms with Crippen LogP contribution in [0.5, 0.6) is 0 Å². The molecule has 0 bridgehead atoms. The number of hydrogen-bond acceptors (Lipinski definition) is 6. The molecule has 0 aromatic heterocycles. The lowest BCUT2D eigenvalue weighted by Crippen LogP contribution is -2.54. The SMILES string of the molecule is C[C@@H]1C[C@H](N(C)CCOC(=O)N[C@H]2CCc3ccccc32)[C@@H](O)[C@H](O)O1. The van der Waals surface area contributed by atoms with Crippen LogP contribution in [-0.2, 0) is 15.9 Å². The molecule has 7 heteroatoms. The summed E-state index contributed by atoms with van der Waals surface area (Å²) in [6.07, 6.45) is -0.254. The van der Waals surface area contributed by atoms with E-state index in [1.807, 2.05) is 37.1 Å². The van der Waals surface area contributed by atoms with E-state index in [4.69, 9.17) is 9.47 Å². The van der Waals surface area contributed by atoms with Gasteiger partial charge in [-0.3, -0.25) is 4.90 Å². The quantitative estimate of drug-likeness (QED) is 0.727. The molecule has 1 heterocycles. The fourth-order valence-corrected chi connectivity index (χ4v) is 3.82. The van der Waals surface area contributed by atoms with Crippen molar-refractivity contribution in [1.82, 2.24) is 10.2 Å². The third-order valence-corrected chi connectivity index (χ3v) is 5.30. The minimum atomic E-state index is -1.18. The molecule has 1 aromatic rings. The van der Waals surface area contributed by atoms with Crippen molar-refractivity contribution in [1.29, 1.82) is 0 Å². The van der Waals surface area contributed by atoms with Gasteiger partial charge in [-0.2, -0.15) is 0 Å². The summed E-state index contributed by atoms with van der Waals surface area (Å²) < 4.78 is 10.5. The molecule has 1 aromatic carbocycles. The number of aliphatic hydroxyl groups is 2. The number of carbonyl (C=O) groups is 1. The summed E-state index contributed by atoms with van der Waals surface area (Å²) in [7, 11) is 1.84. The van der Waals surface area contributed by atoms with Crippen LogP contribution in [0.25, 0.3) is 0 Å². The molecular weight excluding hydrogens is 336 g/mol. The monoisotopic (exact) mass is 364 g/mol. The molecule has 3 N–H and O–H groups in total. The van der Waals surface area contributed by atoms with Crippen LogP contribution in [0.1, 0.15) is 36.9 Å². The van der Waals surface area contributed by atoms with E-state index < -0.39 is 18.5 Å². The van der Waals surface area contributed by atoms with Crippen molar-refractivity contribution >= 4 is 6.09 Å². The van der Waals surface area contributed by atoms with Crippen LogP contribution in [0, 0.1) is 0 Å². The molecule has 1 fully saturated rings. The Labute approximate surface area is 153 Å². The molecule has 2 aliphatic rings. The number of benzene rings is 1. The second-order valence-corrected chi connectivity index (χ2v) is 7.18. The predicted molar refractivity (Wildman–Crippen MR) is 95.6 cm³/mol. The van der Waals surface area contributed by atoms with Crippen molar-refractivity contribution in [2.24, 2.45) is 0 Å². The normalized spacial score (nSPS) is 30.9. The van der Waals surface area contributed by atoms with Crippen molar-refractivity contribution in [2.75, 3.05) is 20.2 Å².